The van der Waals surface area contributed by atoms with E-state index in [1.54, 1.807) is 6.92 Å². The number of ether oxygens (including phenoxy) is 2. The summed E-state index contributed by atoms with van der Waals surface area (Å²) in [5, 5.41) is 0. The van der Waals surface area contributed by atoms with Gasteiger partial charge in [-0.3, -0.25) is 19.3 Å². The molecule has 2 bridgehead atoms. The summed E-state index contributed by atoms with van der Waals surface area (Å²) in [5.41, 5.74) is 2.22. The van der Waals surface area contributed by atoms with E-state index in [1.807, 2.05) is 18.0 Å². The Balaban J connectivity index is 1.24. The lowest BCUT2D eigenvalue weighted by atomic mass is 9.51. The predicted octanol–water partition coefficient (Wildman–Crippen LogP) is 5.21. The number of carbonyl (C=O) groups is 3. The highest BCUT2D eigenvalue weighted by atomic mass is 16.6. The normalized spacial score (nSPS) is 30.8. The number of hydrogen-bond donors (Lipinski definition) is 0. The van der Waals surface area contributed by atoms with Crippen LogP contribution < -0.4 is 9.47 Å². The first-order valence-corrected chi connectivity index (χ1v) is 15.8. The van der Waals surface area contributed by atoms with Crippen LogP contribution in [-0.4, -0.2) is 65.8 Å². The van der Waals surface area contributed by atoms with E-state index in [4.69, 9.17) is 9.47 Å². The van der Waals surface area contributed by atoms with Crippen molar-refractivity contribution in [3.63, 3.8) is 0 Å². The minimum atomic E-state index is -0.356. The zero-order chi connectivity index (χ0) is 28.0. The Morgan fingerprint density at radius 2 is 1.88 bits per heavy atom. The Bertz CT molecular complexity index is 1160. The highest BCUT2D eigenvalue weighted by molar-refractivity contribution is 5.78. The van der Waals surface area contributed by atoms with Crippen molar-refractivity contribution in [2.24, 2.45) is 11.8 Å². The number of piperidine rings is 1. The molecule has 1 amide bonds. The van der Waals surface area contributed by atoms with Crippen LogP contribution in [0.2, 0.25) is 0 Å². The van der Waals surface area contributed by atoms with E-state index in [2.05, 4.69) is 11.0 Å². The van der Waals surface area contributed by atoms with Gasteiger partial charge in [-0.15, -0.1) is 0 Å². The summed E-state index contributed by atoms with van der Waals surface area (Å²) in [4.78, 5) is 42.0. The molecule has 40 heavy (non-hydrogen) atoms. The van der Waals surface area contributed by atoms with Gasteiger partial charge in [-0.2, -0.15) is 0 Å². The fourth-order valence-corrected chi connectivity index (χ4v) is 9.25. The molecule has 0 radical (unpaired) electrons. The molecule has 6 rings (SSSR count). The molecule has 5 atom stereocenters. The van der Waals surface area contributed by atoms with E-state index in [0.717, 1.165) is 51.0 Å². The van der Waals surface area contributed by atoms with Crippen molar-refractivity contribution in [2.45, 2.75) is 121 Å². The molecule has 1 saturated heterocycles. The van der Waals surface area contributed by atoms with Crippen molar-refractivity contribution < 1.29 is 23.9 Å². The molecule has 3 aliphatic carbocycles. The molecule has 2 heterocycles. The van der Waals surface area contributed by atoms with Crippen molar-refractivity contribution in [1.29, 1.82) is 0 Å². The average Bonchev–Trinajstić information content (AvgIpc) is 3.28. The molecule has 5 aliphatic rings. The summed E-state index contributed by atoms with van der Waals surface area (Å²) in [7, 11) is 1.97. The highest BCUT2D eigenvalue weighted by Gasteiger charge is 2.66. The van der Waals surface area contributed by atoms with Crippen LogP contribution in [0.5, 0.6) is 11.5 Å². The molecule has 1 aromatic rings. The first kappa shape index (κ1) is 27.7. The second kappa shape index (κ2) is 11.1. The number of esters is 1. The fourth-order valence-electron chi connectivity index (χ4n) is 9.25. The number of nitrogens with zero attached hydrogens (tertiary/aromatic N) is 2. The van der Waals surface area contributed by atoms with Gasteiger partial charge < -0.3 is 14.4 Å². The van der Waals surface area contributed by atoms with Crippen LogP contribution in [0.1, 0.15) is 102 Å². The lowest BCUT2D eigenvalue weighted by Gasteiger charge is -2.60. The van der Waals surface area contributed by atoms with Crippen LogP contribution in [0.15, 0.2) is 12.1 Å². The SMILES string of the molecule is CC(=O)CN1CC[C@]23c4c5ccc(OC(C)=O)c4O[C@H]2[C@@H](N(C)C(=O)CCCCC2CCCCC2)CC[C@H]3[C@H]1C5. The second-order valence-corrected chi connectivity index (χ2v) is 13.3. The number of amides is 1. The Morgan fingerprint density at radius 3 is 2.62 bits per heavy atom. The molecule has 0 aromatic heterocycles. The quantitative estimate of drug-likeness (QED) is 0.239. The fraction of sp³-hybridized carbons (Fsp3) is 0.727. The van der Waals surface area contributed by atoms with Gasteiger partial charge in [-0.05, 0) is 69.0 Å². The molecular weight excluding hydrogens is 504 g/mol. The molecular formula is C33H46N2O5. The minimum Gasteiger partial charge on any atom is -0.483 e. The van der Waals surface area contributed by atoms with Gasteiger partial charge in [0.2, 0.25) is 5.91 Å². The lowest BCUT2D eigenvalue weighted by Crippen LogP contribution is -2.69. The number of rotatable bonds is 9. The number of hydrogen-bond acceptors (Lipinski definition) is 6. The van der Waals surface area contributed by atoms with Crippen molar-refractivity contribution in [1.82, 2.24) is 9.80 Å². The maximum atomic E-state index is 13.5. The number of unbranched alkanes of at least 4 members (excludes halogenated alkanes) is 1. The second-order valence-electron chi connectivity index (χ2n) is 13.3. The van der Waals surface area contributed by atoms with E-state index < -0.39 is 0 Å². The number of likely N-dealkylation sites (N-methyl/N-ethyl adjacent to an activating group) is 1. The summed E-state index contributed by atoms with van der Waals surface area (Å²) in [6.07, 6.45) is 14.3. The van der Waals surface area contributed by atoms with Crippen LogP contribution in [0, 0.1) is 11.8 Å². The van der Waals surface area contributed by atoms with Gasteiger partial charge in [-0.1, -0.05) is 51.0 Å². The molecule has 2 aliphatic heterocycles. The number of carbonyl (C=O) groups excluding carboxylic acids is 3. The van der Waals surface area contributed by atoms with Gasteiger partial charge in [-0.25, -0.2) is 0 Å². The number of benzene rings is 1. The molecule has 2 saturated carbocycles. The standard InChI is InChI=1S/C33H46N2O5/c1-21(36)20-35-18-17-33-25-14-15-26(34(3)29(38)12-8-7-11-23-9-5-4-6-10-23)32(33)40-31-28(39-22(2)37)16-13-24(30(31)33)19-27(25)35/h13,16,23,25-27,32H,4-12,14-15,17-20H2,1-3H3/t25-,26-,27+,32-,33-/m0/s1. The van der Waals surface area contributed by atoms with Gasteiger partial charge >= 0.3 is 5.97 Å². The maximum Gasteiger partial charge on any atom is 0.308 e. The van der Waals surface area contributed by atoms with E-state index >= 15 is 0 Å². The average molecular weight is 551 g/mol. The topological polar surface area (TPSA) is 76.2 Å². The van der Waals surface area contributed by atoms with Crippen LogP contribution in [0.3, 0.4) is 0 Å². The van der Waals surface area contributed by atoms with Crippen molar-refractivity contribution in [3.8, 4) is 11.5 Å². The molecule has 0 unspecified atom stereocenters. The highest BCUT2D eigenvalue weighted by Crippen LogP contribution is 2.64. The summed E-state index contributed by atoms with van der Waals surface area (Å²) in [6.45, 7) is 4.43. The monoisotopic (exact) mass is 550 g/mol. The smallest absolute Gasteiger partial charge is 0.308 e. The Labute approximate surface area is 238 Å². The van der Waals surface area contributed by atoms with E-state index in [-0.39, 0.29) is 41.3 Å². The lowest BCUT2D eigenvalue weighted by molar-refractivity contribution is -0.141. The van der Waals surface area contributed by atoms with E-state index in [1.165, 1.54) is 56.6 Å². The first-order chi connectivity index (χ1) is 19.3. The Hall–Kier alpha value is -2.41. The largest absolute Gasteiger partial charge is 0.483 e. The van der Waals surface area contributed by atoms with Crippen LogP contribution in [-0.2, 0) is 26.2 Å². The van der Waals surface area contributed by atoms with Gasteiger partial charge in [0.15, 0.2) is 11.5 Å². The van der Waals surface area contributed by atoms with E-state index in [9.17, 15) is 14.4 Å². The molecule has 218 valence electrons. The first-order valence-electron chi connectivity index (χ1n) is 15.8. The van der Waals surface area contributed by atoms with Crippen LogP contribution in [0.25, 0.3) is 0 Å². The van der Waals surface area contributed by atoms with Crippen LogP contribution in [0.4, 0.5) is 0 Å². The predicted molar refractivity (Wildman–Crippen MR) is 153 cm³/mol. The molecule has 7 nitrogen and oxygen atoms in total. The third-order valence-corrected chi connectivity index (χ3v) is 10.9. The Morgan fingerprint density at radius 1 is 1.07 bits per heavy atom. The van der Waals surface area contributed by atoms with Gasteiger partial charge in [0.1, 0.15) is 11.9 Å². The summed E-state index contributed by atoms with van der Waals surface area (Å²) >= 11 is 0. The zero-order valence-corrected chi connectivity index (χ0v) is 24.6. The number of likely N-dealkylation sites (tertiary alicyclic amines) is 1. The summed E-state index contributed by atoms with van der Waals surface area (Å²) < 4.78 is 12.5. The van der Waals surface area contributed by atoms with Crippen LogP contribution >= 0.6 is 0 Å². The molecule has 1 aromatic carbocycles. The zero-order valence-electron chi connectivity index (χ0n) is 24.6. The third-order valence-electron chi connectivity index (χ3n) is 10.9. The van der Waals surface area contributed by atoms with E-state index in [0.29, 0.717) is 30.4 Å². The summed E-state index contributed by atoms with van der Waals surface area (Å²) in [6, 6.07) is 4.22. The minimum absolute atomic E-state index is 0.0226. The van der Waals surface area contributed by atoms with Gasteiger partial charge in [0, 0.05) is 37.4 Å². The van der Waals surface area contributed by atoms with Gasteiger partial charge in [0.05, 0.1) is 12.6 Å². The molecule has 0 N–H and O–H groups in total. The molecule has 1 spiro atoms. The van der Waals surface area contributed by atoms with Crippen molar-refractivity contribution in [3.05, 3.63) is 23.3 Å². The molecule has 3 fully saturated rings. The third kappa shape index (κ3) is 4.76. The summed E-state index contributed by atoms with van der Waals surface area (Å²) in [5.74, 6) is 2.47. The van der Waals surface area contributed by atoms with Crippen molar-refractivity contribution >= 4 is 17.7 Å². The van der Waals surface area contributed by atoms with Gasteiger partial charge in [0.25, 0.3) is 0 Å². The number of ketones is 1. The van der Waals surface area contributed by atoms with Crippen molar-refractivity contribution in [2.75, 3.05) is 20.1 Å². The number of Topliss-reactive ketones (excluding diaryl/α,β-unsaturated/α-hetero) is 1. The Kier molecular flexibility index (Phi) is 7.71. The molecule has 7 heteroatoms. The maximum absolute atomic E-state index is 13.5.